The number of rotatable bonds is 4. The molecule has 3 amide bonds. The Bertz CT molecular complexity index is 864. The van der Waals surface area contributed by atoms with E-state index in [9.17, 15) is 22.8 Å². The van der Waals surface area contributed by atoms with Gasteiger partial charge in [-0.05, 0) is 24.3 Å². The molecule has 1 aliphatic heterocycles. The van der Waals surface area contributed by atoms with Gasteiger partial charge in [-0.3, -0.25) is 15.2 Å². The molecule has 9 nitrogen and oxygen atoms in total. The van der Waals surface area contributed by atoms with Gasteiger partial charge in [0.2, 0.25) is 17.7 Å². The molecule has 1 fully saturated rings. The van der Waals surface area contributed by atoms with Crippen molar-refractivity contribution >= 4 is 35.2 Å². The molecule has 2 aromatic rings. The van der Waals surface area contributed by atoms with E-state index in [4.69, 9.17) is 11.6 Å². The van der Waals surface area contributed by atoms with E-state index in [0.717, 1.165) is 5.69 Å². The Morgan fingerprint density at radius 2 is 1.79 bits per heavy atom. The smallest absolute Gasteiger partial charge is 0.368 e. The molecule has 29 heavy (non-hydrogen) atoms. The van der Waals surface area contributed by atoms with Crippen molar-refractivity contribution in [3.8, 4) is 0 Å². The van der Waals surface area contributed by atoms with Crippen LogP contribution in [0.2, 0.25) is 5.02 Å². The summed E-state index contributed by atoms with van der Waals surface area (Å²) in [5, 5.41) is 10.1. The van der Waals surface area contributed by atoms with Gasteiger partial charge in [-0.2, -0.15) is 18.2 Å². The van der Waals surface area contributed by atoms with Crippen molar-refractivity contribution in [3.63, 3.8) is 0 Å². The summed E-state index contributed by atoms with van der Waals surface area (Å²) < 4.78 is 37.3. The summed E-state index contributed by atoms with van der Waals surface area (Å²) in [7, 11) is 0. The quantitative estimate of drug-likeness (QED) is 0.686. The Morgan fingerprint density at radius 3 is 2.38 bits per heavy atom. The van der Waals surface area contributed by atoms with Gasteiger partial charge in [0.15, 0.2) is 0 Å². The van der Waals surface area contributed by atoms with Crippen molar-refractivity contribution in [2.24, 2.45) is 0 Å². The van der Waals surface area contributed by atoms with Gasteiger partial charge in [-0.1, -0.05) is 11.6 Å². The topological polar surface area (TPSA) is 106 Å². The van der Waals surface area contributed by atoms with Crippen LogP contribution in [-0.2, 0) is 11.0 Å². The highest BCUT2D eigenvalue weighted by Gasteiger charge is 2.35. The van der Waals surface area contributed by atoms with Crippen molar-refractivity contribution in [1.29, 1.82) is 0 Å². The molecule has 3 N–H and O–H groups in total. The van der Waals surface area contributed by atoms with Crippen LogP contribution in [0.3, 0.4) is 0 Å². The van der Waals surface area contributed by atoms with Crippen molar-refractivity contribution in [2.45, 2.75) is 6.18 Å². The molecular formula is C16H17ClF3N7O2. The number of nitrogens with one attached hydrogen (secondary N) is 3. The number of piperazine rings is 1. The number of urea groups is 1. The van der Waals surface area contributed by atoms with E-state index in [1.165, 1.54) is 0 Å². The van der Waals surface area contributed by atoms with Gasteiger partial charge in [0.05, 0.1) is 6.54 Å². The number of hydrogen-bond acceptors (Lipinski definition) is 5. The highest BCUT2D eigenvalue weighted by Crippen LogP contribution is 2.26. The van der Waals surface area contributed by atoms with Gasteiger partial charge >= 0.3 is 12.2 Å². The summed E-state index contributed by atoms with van der Waals surface area (Å²) in [4.78, 5) is 30.8. The lowest BCUT2D eigenvalue weighted by Crippen LogP contribution is -2.52. The van der Waals surface area contributed by atoms with E-state index in [1.807, 2.05) is 12.1 Å². The zero-order valence-corrected chi connectivity index (χ0v) is 15.7. The zero-order valence-electron chi connectivity index (χ0n) is 15.0. The predicted molar refractivity (Wildman–Crippen MR) is 98.7 cm³/mol. The number of aromatic nitrogens is 3. The summed E-state index contributed by atoms with van der Waals surface area (Å²) in [6.07, 6.45) is -4.70. The number of amides is 3. The Hall–Kier alpha value is -3.02. The molecule has 0 radical (unpaired) electrons. The third-order valence-electron chi connectivity index (χ3n) is 4.16. The SMILES string of the molecule is O=C(CNC(=O)N1CCN(c2ccc(Cl)cc2)CC1)Nc1n[nH]c(C(F)(F)F)n1. The van der Waals surface area contributed by atoms with Crippen molar-refractivity contribution in [3.05, 3.63) is 35.1 Å². The number of aromatic amines is 1. The molecule has 0 spiro atoms. The zero-order chi connectivity index (χ0) is 21.0. The molecule has 1 aromatic heterocycles. The van der Waals surface area contributed by atoms with Gasteiger partial charge in [0.25, 0.3) is 0 Å². The fourth-order valence-corrected chi connectivity index (χ4v) is 2.83. The first-order chi connectivity index (χ1) is 13.7. The number of carbonyl (C=O) groups excluding carboxylic acids is 2. The average molecular weight is 432 g/mol. The van der Waals surface area contributed by atoms with E-state index in [0.29, 0.717) is 31.2 Å². The normalized spacial score (nSPS) is 14.6. The number of alkyl halides is 3. The van der Waals surface area contributed by atoms with Crippen molar-refractivity contribution < 1.29 is 22.8 Å². The third-order valence-corrected chi connectivity index (χ3v) is 4.42. The minimum absolute atomic E-state index is 0.424. The first kappa shape index (κ1) is 20.7. The molecule has 0 bridgehead atoms. The molecule has 3 rings (SSSR count). The molecule has 1 aliphatic rings. The summed E-state index contributed by atoms with van der Waals surface area (Å²) in [6, 6.07) is 6.94. The Kier molecular flexibility index (Phi) is 6.11. The molecule has 1 aromatic carbocycles. The van der Waals surface area contributed by atoms with E-state index in [2.05, 4.69) is 25.6 Å². The number of hydrogen-bond donors (Lipinski definition) is 3. The first-order valence-corrected chi connectivity index (χ1v) is 8.93. The van der Waals surface area contributed by atoms with Gasteiger partial charge in [0, 0.05) is 36.9 Å². The maximum Gasteiger partial charge on any atom is 0.451 e. The summed E-state index contributed by atoms with van der Waals surface area (Å²) in [6.45, 7) is 1.70. The standard InChI is InChI=1S/C16H17ClF3N7O2/c17-10-1-3-11(4-2-10)26-5-7-27(8-6-26)15(29)21-9-12(28)22-14-23-13(24-25-14)16(18,19)20/h1-4H,5-9H2,(H,21,29)(H2,22,23,24,25,28). The van der Waals surface area contributed by atoms with Crippen LogP contribution in [0.25, 0.3) is 0 Å². The number of nitrogens with zero attached hydrogens (tertiary/aromatic N) is 4. The number of carbonyl (C=O) groups is 2. The number of benzene rings is 1. The second-order valence-corrected chi connectivity index (χ2v) is 6.60. The van der Waals surface area contributed by atoms with E-state index in [1.54, 1.807) is 22.1 Å². The average Bonchev–Trinajstić information content (AvgIpc) is 3.16. The number of H-pyrrole nitrogens is 1. The van der Waals surface area contributed by atoms with Crippen molar-refractivity contribution in [1.82, 2.24) is 25.4 Å². The number of anilines is 2. The van der Waals surface area contributed by atoms with Crippen LogP contribution in [0.15, 0.2) is 24.3 Å². The predicted octanol–water partition coefficient (Wildman–Crippen LogP) is 1.95. The van der Waals surface area contributed by atoms with Crippen LogP contribution in [0, 0.1) is 0 Å². The highest BCUT2D eigenvalue weighted by molar-refractivity contribution is 6.30. The molecular weight excluding hydrogens is 415 g/mol. The molecule has 0 atom stereocenters. The summed E-state index contributed by atoms with van der Waals surface area (Å²) >= 11 is 5.88. The van der Waals surface area contributed by atoms with Crippen LogP contribution in [0.4, 0.5) is 29.6 Å². The Balaban J connectivity index is 1.42. The first-order valence-electron chi connectivity index (χ1n) is 8.55. The fourth-order valence-electron chi connectivity index (χ4n) is 2.70. The van der Waals surface area contributed by atoms with Gasteiger partial charge in [0.1, 0.15) is 0 Å². The number of halogens is 4. The molecule has 0 aliphatic carbocycles. The maximum atomic E-state index is 12.4. The monoisotopic (exact) mass is 431 g/mol. The second kappa shape index (κ2) is 8.55. The van der Waals surface area contributed by atoms with Gasteiger partial charge in [-0.25, -0.2) is 4.79 Å². The van der Waals surface area contributed by atoms with E-state index >= 15 is 0 Å². The second-order valence-electron chi connectivity index (χ2n) is 6.16. The lowest BCUT2D eigenvalue weighted by molar-refractivity contribution is -0.144. The van der Waals surface area contributed by atoms with E-state index < -0.39 is 36.4 Å². The van der Waals surface area contributed by atoms with Crippen LogP contribution >= 0.6 is 11.6 Å². The fraction of sp³-hybridized carbons (Fsp3) is 0.375. The highest BCUT2D eigenvalue weighted by atomic mass is 35.5. The summed E-state index contributed by atoms with van der Waals surface area (Å²) in [5.74, 6) is -2.59. The maximum absolute atomic E-state index is 12.4. The minimum Gasteiger partial charge on any atom is -0.368 e. The minimum atomic E-state index is -4.70. The summed E-state index contributed by atoms with van der Waals surface area (Å²) in [5.41, 5.74) is 0.999. The van der Waals surface area contributed by atoms with Gasteiger partial charge < -0.3 is 15.1 Å². The van der Waals surface area contributed by atoms with Crippen molar-refractivity contribution in [2.75, 3.05) is 42.9 Å². The van der Waals surface area contributed by atoms with Gasteiger partial charge in [-0.15, -0.1) is 5.10 Å². The lowest BCUT2D eigenvalue weighted by atomic mass is 10.2. The molecule has 2 heterocycles. The van der Waals surface area contributed by atoms with E-state index in [-0.39, 0.29) is 0 Å². The molecule has 1 saturated heterocycles. The Labute approximate surface area is 168 Å². The third kappa shape index (κ3) is 5.50. The molecule has 156 valence electrons. The van der Waals surface area contributed by atoms with Crippen LogP contribution in [-0.4, -0.2) is 64.7 Å². The molecule has 0 saturated carbocycles. The Morgan fingerprint density at radius 1 is 1.14 bits per heavy atom. The molecule has 0 unspecified atom stereocenters. The van der Waals surface area contributed by atoms with Crippen LogP contribution < -0.4 is 15.5 Å². The van der Waals surface area contributed by atoms with Crippen LogP contribution in [0.5, 0.6) is 0 Å². The molecule has 13 heteroatoms. The van der Waals surface area contributed by atoms with Crippen LogP contribution in [0.1, 0.15) is 5.82 Å². The largest absolute Gasteiger partial charge is 0.451 e. The lowest BCUT2D eigenvalue weighted by Gasteiger charge is -2.36.